The van der Waals surface area contributed by atoms with Crippen molar-refractivity contribution in [3.05, 3.63) is 0 Å². The number of rotatable bonds is 7. The van der Waals surface area contributed by atoms with Gasteiger partial charge >= 0.3 is 0 Å². The minimum atomic E-state index is 0.865. The Morgan fingerprint density at radius 2 is 1.69 bits per heavy atom. The zero-order valence-corrected chi connectivity index (χ0v) is 10.1. The van der Waals surface area contributed by atoms with E-state index < -0.39 is 0 Å². The van der Waals surface area contributed by atoms with Gasteiger partial charge in [0.15, 0.2) is 0 Å². The maximum Gasteiger partial charge on any atom is -0.00248 e. The first kappa shape index (κ1) is 13.0. The van der Waals surface area contributed by atoms with Gasteiger partial charge in [-0.2, -0.15) is 0 Å². The molecular formula is C12H27N. The lowest BCUT2D eigenvalue weighted by atomic mass is 9.88. The molecule has 1 atom stereocenters. The van der Waals surface area contributed by atoms with Crippen molar-refractivity contribution in [2.45, 2.75) is 46.5 Å². The summed E-state index contributed by atoms with van der Waals surface area (Å²) in [5.41, 5.74) is 0. The first-order chi connectivity index (χ1) is 6.07. The SMILES string of the molecule is CCC(CCCCN(C)C)C(C)C. The monoisotopic (exact) mass is 185 g/mol. The summed E-state index contributed by atoms with van der Waals surface area (Å²) in [5.74, 6) is 1.81. The highest BCUT2D eigenvalue weighted by Crippen LogP contribution is 2.21. The molecule has 13 heavy (non-hydrogen) atoms. The second kappa shape index (κ2) is 7.37. The number of hydrogen-bond donors (Lipinski definition) is 0. The van der Waals surface area contributed by atoms with Crippen molar-refractivity contribution in [2.75, 3.05) is 20.6 Å². The van der Waals surface area contributed by atoms with Gasteiger partial charge in [-0.25, -0.2) is 0 Å². The van der Waals surface area contributed by atoms with E-state index in [1.54, 1.807) is 0 Å². The van der Waals surface area contributed by atoms with Crippen molar-refractivity contribution in [1.82, 2.24) is 4.90 Å². The first-order valence-corrected chi connectivity index (χ1v) is 5.72. The second-order valence-corrected chi connectivity index (χ2v) is 4.71. The fourth-order valence-electron chi connectivity index (χ4n) is 1.84. The Balaban J connectivity index is 3.39. The van der Waals surface area contributed by atoms with Gasteiger partial charge in [0.25, 0.3) is 0 Å². The Bertz CT molecular complexity index is 108. The van der Waals surface area contributed by atoms with Crippen LogP contribution in [0.5, 0.6) is 0 Å². The van der Waals surface area contributed by atoms with Gasteiger partial charge in [0.1, 0.15) is 0 Å². The molecule has 1 unspecified atom stereocenters. The summed E-state index contributed by atoms with van der Waals surface area (Å²) in [6.07, 6.45) is 5.52. The molecule has 0 aromatic rings. The predicted octanol–water partition coefficient (Wildman–Crippen LogP) is 3.40. The molecule has 0 aliphatic rings. The lowest BCUT2D eigenvalue weighted by Crippen LogP contribution is -2.14. The third-order valence-electron chi connectivity index (χ3n) is 2.90. The Labute approximate surface area is 84.5 Å². The Morgan fingerprint density at radius 1 is 1.08 bits per heavy atom. The van der Waals surface area contributed by atoms with Gasteiger partial charge in [-0.05, 0) is 38.9 Å². The van der Waals surface area contributed by atoms with E-state index in [0.29, 0.717) is 0 Å². The van der Waals surface area contributed by atoms with Crippen LogP contribution in [0.3, 0.4) is 0 Å². The van der Waals surface area contributed by atoms with E-state index in [0.717, 1.165) is 11.8 Å². The van der Waals surface area contributed by atoms with Gasteiger partial charge in [0, 0.05) is 0 Å². The fourth-order valence-corrected chi connectivity index (χ4v) is 1.84. The van der Waals surface area contributed by atoms with Gasteiger partial charge in [-0.1, -0.05) is 40.0 Å². The molecule has 1 heteroatoms. The van der Waals surface area contributed by atoms with Crippen LogP contribution >= 0.6 is 0 Å². The van der Waals surface area contributed by atoms with Gasteiger partial charge in [-0.15, -0.1) is 0 Å². The summed E-state index contributed by atoms with van der Waals surface area (Å²) < 4.78 is 0. The normalized spacial score (nSPS) is 14.1. The average Bonchev–Trinajstić information content (AvgIpc) is 2.03. The van der Waals surface area contributed by atoms with Crippen LogP contribution in [0.1, 0.15) is 46.5 Å². The number of hydrogen-bond acceptors (Lipinski definition) is 1. The van der Waals surface area contributed by atoms with E-state index >= 15 is 0 Å². The molecule has 0 aliphatic carbocycles. The van der Waals surface area contributed by atoms with Gasteiger partial charge in [-0.3, -0.25) is 0 Å². The summed E-state index contributed by atoms with van der Waals surface area (Å²) in [7, 11) is 4.31. The lowest BCUT2D eigenvalue weighted by Gasteiger charge is -2.19. The fraction of sp³-hybridized carbons (Fsp3) is 1.00. The molecule has 0 amide bonds. The van der Waals surface area contributed by atoms with Crippen molar-refractivity contribution in [3.8, 4) is 0 Å². The summed E-state index contributed by atoms with van der Waals surface area (Å²) in [6.45, 7) is 8.26. The summed E-state index contributed by atoms with van der Waals surface area (Å²) in [6, 6.07) is 0. The molecule has 0 spiro atoms. The van der Waals surface area contributed by atoms with Crippen molar-refractivity contribution in [1.29, 1.82) is 0 Å². The number of unbranched alkanes of at least 4 members (excludes halogenated alkanes) is 1. The molecule has 1 nitrogen and oxygen atoms in total. The highest BCUT2D eigenvalue weighted by Gasteiger charge is 2.09. The molecule has 0 N–H and O–H groups in total. The summed E-state index contributed by atoms with van der Waals surface area (Å²) >= 11 is 0. The van der Waals surface area contributed by atoms with Crippen molar-refractivity contribution < 1.29 is 0 Å². The van der Waals surface area contributed by atoms with Crippen LogP contribution in [0.15, 0.2) is 0 Å². The molecule has 0 fully saturated rings. The standard InChI is InChI=1S/C12H27N/c1-6-12(11(2)3)9-7-8-10-13(4)5/h11-12H,6-10H2,1-5H3. The molecule has 0 aromatic heterocycles. The topological polar surface area (TPSA) is 3.24 Å². The van der Waals surface area contributed by atoms with E-state index in [9.17, 15) is 0 Å². The Hall–Kier alpha value is -0.0400. The third-order valence-corrected chi connectivity index (χ3v) is 2.90. The zero-order valence-electron chi connectivity index (χ0n) is 10.1. The lowest BCUT2D eigenvalue weighted by molar-refractivity contribution is 0.321. The third kappa shape index (κ3) is 7.06. The predicted molar refractivity (Wildman–Crippen MR) is 61.0 cm³/mol. The highest BCUT2D eigenvalue weighted by molar-refractivity contribution is 4.61. The van der Waals surface area contributed by atoms with Crippen LogP contribution in [0.4, 0.5) is 0 Å². The molecule has 80 valence electrons. The van der Waals surface area contributed by atoms with Crippen LogP contribution in [-0.2, 0) is 0 Å². The largest absolute Gasteiger partial charge is 0.309 e. The molecular weight excluding hydrogens is 158 g/mol. The smallest absolute Gasteiger partial charge is 0.00248 e. The van der Waals surface area contributed by atoms with Crippen LogP contribution in [-0.4, -0.2) is 25.5 Å². The molecule has 0 aromatic carbocycles. The van der Waals surface area contributed by atoms with Crippen LogP contribution in [0, 0.1) is 11.8 Å². The van der Waals surface area contributed by atoms with E-state index in [2.05, 4.69) is 39.8 Å². The maximum absolute atomic E-state index is 2.35. The highest BCUT2D eigenvalue weighted by atomic mass is 15.0. The van der Waals surface area contributed by atoms with E-state index in [4.69, 9.17) is 0 Å². The molecule has 0 bridgehead atoms. The first-order valence-electron chi connectivity index (χ1n) is 5.72. The molecule has 0 heterocycles. The Kier molecular flexibility index (Phi) is 7.35. The van der Waals surface area contributed by atoms with Crippen molar-refractivity contribution >= 4 is 0 Å². The van der Waals surface area contributed by atoms with Gasteiger partial charge in [0.05, 0.1) is 0 Å². The minimum Gasteiger partial charge on any atom is -0.309 e. The van der Waals surface area contributed by atoms with Crippen LogP contribution < -0.4 is 0 Å². The van der Waals surface area contributed by atoms with E-state index in [1.807, 2.05) is 0 Å². The summed E-state index contributed by atoms with van der Waals surface area (Å²) in [4.78, 5) is 2.27. The maximum atomic E-state index is 2.35. The van der Waals surface area contributed by atoms with Crippen molar-refractivity contribution in [3.63, 3.8) is 0 Å². The molecule has 0 radical (unpaired) electrons. The van der Waals surface area contributed by atoms with Crippen LogP contribution in [0.25, 0.3) is 0 Å². The quantitative estimate of drug-likeness (QED) is 0.549. The Morgan fingerprint density at radius 3 is 2.08 bits per heavy atom. The van der Waals surface area contributed by atoms with Crippen molar-refractivity contribution in [2.24, 2.45) is 11.8 Å². The average molecular weight is 185 g/mol. The van der Waals surface area contributed by atoms with Crippen LogP contribution in [0.2, 0.25) is 0 Å². The number of nitrogens with zero attached hydrogens (tertiary/aromatic N) is 1. The molecule has 0 aliphatic heterocycles. The molecule has 0 saturated heterocycles. The molecule has 0 rings (SSSR count). The summed E-state index contributed by atoms with van der Waals surface area (Å²) in [5, 5.41) is 0. The molecule has 0 saturated carbocycles. The zero-order chi connectivity index (χ0) is 10.3. The van der Waals surface area contributed by atoms with E-state index in [-0.39, 0.29) is 0 Å². The minimum absolute atomic E-state index is 0.865. The second-order valence-electron chi connectivity index (χ2n) is 4.71. The van der Waals surface area contributed by atoms with E-state index in [1.165, 1.54) is 32.2 Å². The van der Waals surface area contributed by atoms with Gasteiger partial charge in [0.2, 0.25) is 0 Å². The van der Waals surface area contributed by atoms with Gasteiger partial charge < -0.3 is 4.90 Å².